The topological polar surface area (TPSA) is 92.9 Å². The minimum atomic E-state index is -0.421. The maximum Gasteiger partial charge on any atom is 0.322 e. The van der Waals surface area contributed by atoms with Crippen molar-refractivity contribution in [3.8, 4) is 0 Å². The predicted octanol–water partition coefficient (Wildman–Crippen LogP) is 1.72. The SMILES string of the molecule is CNc1ncc(C(=O)Nc2nnc(C)o2)cc1Cl. The van der Waals surface area contributed by atoms with Crippen LogP contribution in [0.1, 0.15) is 16.2 Å². The van der Waals surface area contributed by atoms with E-state index in [-0.39, 0.29) is 6.01 Å². The second-order valence-electron chi connectivity index (χ2n) is 3.38. The maximum atomic E-state index is 11.8. The second kappa shape index (κ2) is 5.01. The number of carbonyl (C=O) groups is 1. The van der Waals surface area contributed by atoms with Gasteiger partial charge in [-0.2, -0.15) is 0 Å². The number of aromatic nitrogens is 3. The van der Waals surface area contributed by atoms with E-state index in [0.717, 1.165) is 0 Å². The van der Waals surface area contributed by atoms with Crippen LogP contribution in [0, 0.1) is 6.92 Å². The fourth-order valence-corrected chi connectivity index (χ4v) is 1.52. The molecule has 1 amide bonds. The number of rotatable bonds is 3. The van der Waals surface area contributed by atoms with Crippen molar-refractivity contribution >= 4 is 29.3 Å². The Balaban J connectivity index is 2.16. The highest BCUT2D eigenvalue weighted by molar-refractivity contribution is 6.33. The van der Waals surface area contributed by atoms with Crippen molar-refractivity contribution in [2.45, 2.75) is 6.92 Å². The summed E-state index contributed by atoms with van der Waals surface area (Å²) in [4.78, 5) is 15.8. The first kappa shape index (κ1) is 12.3. The van der Waals surface area contributed by atoms with Crippen LogP contribution < -0.4 is 10.6 Å². The third-order valence-electron chi connectivity index (χ3n) is 2.09. The van der Waals surface area contributed by atoms with Gasteiger partial charge in [0.25, 0.3) is 5.91 Å². The van der Waals surface area contributed by atoms with E-state index < -0.39 is 5.91 Å². The first-order chi connectivity index (χ1) is 8.60. The molecular formula is C10H10ClN5O2. The molecule has 2 aromatic rings. The summed E-state index contributed by atoms with van der Waals surface area (Å²) in [5.41, 5.74) is 0.301. The van der Waals surface area contributed by atoms with Gasteiger partial charge >= 0.3 is 6.01 Å². The monoisotopic (exact) mass is 267 g/mol. The van der Waals surface area contributed by atoms with Crippen molar-refractivity contribution in [1.82, 2.24) is 15.2 Å². The summed E-state index contributed by atoms with van der Waals surface area (Å²) < 4.78 is 5.03. The van der Waals surface area contributed by atoms with Crippen LogP contribution in [0.25, 0.3) is 0 Å². The maximum absolute atomic E-state index is 11.8. The highest BCUT2D eigenvalue weighted by Gasteiger charge is 2.12. The van der Waals surface area contributed by atoms with Crippen molar-refractivity contribution < 1.29 is 9.21 Å². The third-order valence-corrected chi connectivity index (χ3v) is 2.37. The van der Waals surface area contributed by atoms with Gasteiger partial charge in [-0.25, -0.2) is 4.98 Å². The fraction of sp³-hybridized carbons (Fsp3) is 0.200. The van der Waals surface area contributed by atoms with Gasteiger partial charge in [-0.3, -0.25) is 10.1 Å². The van der Waals surface area contributed by atoms with Crippen molar-refractivity contribution in [1.29, 1.82) is 0 Å². The number of halogens is 1. The molecule has 94 valence electrons. The fourth-order valence-electron chi connectivity index (χ4n) is 1.26. The van der Waals surface area contributed by atoms with Gasteiger partial charge in [-0.05, 0) is 6.07 Å². The number of carbonyl (C=O) groups excluding carboxylic acids is 1. The molecule has 18 heavy (non-hydrogen) atoms. The highest BCUT2D eigenvalue weighted by Crippen LogP contribution is 2.19. The summed E-state index contributed by atoms with van der Waals surface area (Å²) in [6, 6.07) is 1.53. The van der Waals surface area contributed by atoms with Crippen molar-refractivity contribution in [3.05, 3.63) is 28.7 Å². The van der Waals surface area contributed by atoms with Gasteiger partial charge < -0.3 is 9.73 Å². The molecule has 0 unspecified atom stereocenters. The van der Waals surface area contributed by atoms with Crippen LogP contribution in [0.5, 0.6) is 0 Å². The lowest BCUT2D eigenvalue weighted by molar-refractivity contribution is 0.102. The van der Waals surface area contributed by atoms with Gasteiger partial charge in [0.15, 0.2) is 0 Å². The standard InChI is InChI=1S/C10H10ClN5O2/c1-5-15-16-10(18-5)14-9(17)6-3-7(11)8(12-2)13-4-6/h3-4H,1-2H3,(H,12,13)(H,14,16,17). The van der Waals surface area contributed by atoms with E-state index in [9.17, 15) is 4.79 Å². The molecule has 0 radical (unpaired) electrons. The molecule has 0 bridgehead atoms. The molecule has 2 heterocycles. The molecule has 0 aromatic carbocycles. The first-order valence-electron chi connectivity index (χ1n) is 5.05. The van der Waals surface area contributed by atoms with Crippen molar-refractivity contribution in [3.63, 3.8) is 0 Å². The Hall–Kier alpha value is -2.15. The van der Waals surface area contributed by atoms with E-state index in [1.54, 1.807) is 14.0 Å². The van der Waals surface area contributed by atoms with Crippen LogP contribution in [0.2, 0.25) is 5.02 Å². The Morgan fingerprint density at radius 3 is 2.78 bits per heavy atom. The lowest BCUT2D eigenvalue weighted by Crippen LogP contribution is -2.13. The van der Waals surface area contributed by atoms with Crippen LogP contribution in [0.3, 0.4) is 0 Å². The van der Waals surface area contributed by atoms with Crippen LogP contribution >= 0.6 is 11.6 Å². The predicted molar refractivity (Wildman–Crippen MR) is 65.8 cm³/mol. The molecule has 0 atom stereocenters. The molecular weight excluding hydrogens is 258 g/mol. The van der Waals surface area contributed by atoms with Crippen molar-refractivity contribution in [2.24, 2.45) is 0 Å². The van der Waals surface area contributed by atoms with Crippen LogP contribution in [-0.4, -0.2) is 28.1 Å². The third kappa shape index (κ3) is 2.57. The first-order valence-corrected chi connectivity index (χ1v) is 5.42. The second-order valence-corrected chi connectivity index (χ2v) is 3.79. The van der Waals surface area contributed by atoms with E-state index in [1.807, 2.05) is 0 Å². The summed E-state index contributed by atoms with van der Waals surface area (Å²) in [6.45, 7) is 1.63. The molecule has 0 aliphatic carbocycles. The number of hydrogen-bond donors (Lipinski definition) is 2. The Morgan fingerprint density at radius 2 is 2.22 bits per heavy atom. The highest BCUT2D eigenvalue weighted by atomic mass is 35.5. The Labute approximate surface area is 108 Å². The van der Waals surface area contributed by atoms with Gasteiger partial charge in [-0.1, -0.05) is 16.7 Å². The summed E-state index contributed by atoms with van der Waals surface area (Å²) in [7, 11) is 1.69. The Bertz CT molecular complexity index is 583. The molecule has 2 aromatic heterocycles. The van der Waals surface area contributed by atoms with Gasteiger partial charge in [-0.15, -0.1) is 5.10 Å². The van der Waals surface area contributed by atoms with Crippen LogP contribution in [-0.2, 0) is 0 Å². The zero-order chi connectivity index (χ0) is 13.1. The van der Waals surface area contributed by atoms with Crippen molar-refractivity contribution in [2.75, 3.05) is 17.7 Å². The number of nitrogens with zero attached hydrogens (tertiary/aromatic N) is 3. The Kier molecular flexibility index (Phi) is 3.42. The Morgan fingerprint density at radius 1 is 1.44 bits per heavy atom. The minimum Gasteiger partial charge on any atom is -0.408 e. The lowest BCUT2D eigenvalue weighted by Gasteiger charge is -2.04. The average Bonchev–Trinajstić information content (AvgIpc) is 2.74. The molecule has 8 heteroatoms. The molecule has 2 rings (SSSR count). The number of nitrogens with one attached hydrogen (secondary N) is 2. The lowest BCUT2D eigenvalue weighted by atomic mass is 10.2. The molecule has 0 spiro atoms. The average molecular weight is 268 g/mol. The number of amides is 1. The molecule has 0 fully saturated rings. The van der Waals surface area contributed by atoms with Gasteiger partial charge in [0.1, 0.15) is 5.82 Å². The van der Waals surface area contributed by atoms with E-state index in [2.05, 4.69) is 25.8 Å². The minimum absolute atomic E-state index is 0.0336. The van der Waals surface area contributed by atoms with Crippen LogP contribution in [0.4, 0.5) is 11.8 Å². The van der Waals surface area contributed by atoms with E-state index in [1.165, 1.54) is 12.3 Å². The normalized spacial score (nSPS) is 10.2. The van der Waals surface area contributed by atoms with E-state index in [4.69, 9.17) is 16.0 Å². The number of pyridine rings is 1. The summed E-state index contributed by atoms with van der Waals surface area (Å²) in [5, 5.41) is 12.8. The van der Waals surface area contributed by atoms with Gasteiger partial charge in [0.2, 0.25) is 5.89 Å². The van der Waals surface area contributed by atoms with Gasteiger partial charge in [0.05, 0.1) is 10.6 Å². The van der Waals surface area contributed by atoms with E-state index >= 15 is 0 Å². The molecule has 0 saturated carbocycles. The molecule has 2 N–H and O–H groups in total. The number of aryl methyl sites for hydroxylation is 1. The molecule has 0 saturated heterocycles. The van der Waals surface area contributed by atoms with E-state index in [0.29, 0.717) is 22.3 Å². The van der Waals surface area contributed by atoms with Crippen LogP contribution in [0.15, 0.2) is 16.7 Å². The number of hydrogen-bond acceptors (Lipinski definition) is 6. The zero-order valence-corrected chi connectivity index (χ0v) is 10.4. The quantitative estimate of drug-likeness (QED) is 0.879. The zero-order valence-electron chi connectivity index (χ0n) is 9.69. The molecule has 7 nitrogen and oxygen atoms in total. The smallest absolute Gasteiger partial charge is 0.322 e. The molecule has 0 aliphatic heterocycles. The molecule has 0 aliphatic rings. The summed E-state index contributed by atoms with van der Waals surface area (Å²) >= 11 is 5.92. The number of anilines is 2. The summed E-state index contributed by atoms with van der Waals surface area (Å²) in [6.07, 6.45) is 1.40. The largest absolute Gasteiger partial charge is 0.408 e. The van der Waals surface area contributed by atoms with Gasteiger partial charge in [0, 0.05) is 20.2 Å². The summed E-state index contributed by atoms with van der Waals surface area (Å²) in [5.74, 6) is 0.449.